The molecular formula is C11H11IN2. The van der Waals surface area contributed by atoms with Crippen LogP contribution < -0.4 is 0 Å². The van der Waals surface area contributed by atoms with Crippen LogP contribution in [0.2, 0.25) is 0 Å². The maximum atomic E-state index is 4.40. The number of hydrogen-bond acceptors (Lipinski definition) is 2. The highest BCUT2D eigenvalue weighted by atomic mass is 127. The summed E-state index contributed by atoms with van der Waals surface area (Å²) in [6.45, 7) is 4.35. The molecule has 1 aromatic heterocycles. The van der Waals surface area contributed by atoms with E-state index in [-0.39, 0.29) is 0 Å². The minimum atomic E-state index is 0.492. The molecule has 2 rings (SSSR count). The summed E-state index contributed by atoms with van der Waals surface area (Å²) in [6.07, 6.45) is 3.50. The fourth-order valence-electron chi connectivity index (χ4n) is 1.51. The molecule has 72 valence electrons. The molecule has 0 bridgehead atoms. The first kappa shape index (κ1) is 9.83. The maximum Gasteiger partial charge on any atom is 0.102 e. The number of rotatable bonds is 1. The number of benzene rings is 1. The normalized spacial score (nSPS) is 11.1. The van der Waals surface area contributed by atoms with Gasteiger partial charge in [-0.05, 0) is 40.1 Å². The van der Waals surface area contributed by atoms with Crippen LogP contribution in [0.15, 0.2) is 24.5 Å². The topological polar surface area (TPSA) is 25.8 Å². The van der Waals surface area contributed by atoms with Crippen LogP contribution in [-0.4, -0.2) is 9.97 Å². The van der Waals surface area contributed by atoms with Crippen LogP contribution in [0, 0.1) is 3.57 Å². The van der Waals surface area contributed by atoms with Crippen molar-refractivity contribution in [1.82, 2.24) is 9.97 Å². The molecule has 1 heterocycles. The average molecular weight is 298 g/mol. The molecule has 0 aliphatic rings. The minimum Gasteiger partial charge on any atom is -0.253 e. The molecule has 3 heteroatoms. The van der Waals surface area contributed by atoms with Gasteiger partial charge in [0, 0.05) is 16.0 Å². The molecular weight excluding hydrogens is 287 g/mol. The smallest absolute Gasteiger partial charge is 0.102 e. The summed E-state index contributed by atoms with van der Waals surface area (Å²) in [5, 5.41) is 0. The zero-order valence-electron chi connectivity index (χ0n) is 8.16. The first-order valence-corrected chi connectivity index (χ1v) is 5.67. The van der Waals surface area contributed by atoms with Crippen LogP contribution >= 0.6 is 22.6 Å². The van der Waals surface area contributed by atoms with Gasteiger partial charge >= 0.3 is 0 Å². The number of halogens is 1. The predicted molar refractivity (Wildman–Crippen MR) is 66.3 cm³/mol. The second-order valence-corrected chi connectivity index (χ2v) is 4.71. The Balaban J connectivity index is 2.82. The second-order valence-electron chi connectivity index (χ2n) is 3.54. The van der Waals surface area contributed by atoms with Gasteiger partial charge in [-0.2, -0.15) is 0 Å². The van der Waals surface area contributed by atoms with Gasteiger partial charge in [0.05, 0.1) is 5.52 Å². The van der Waals surface area contributed by atoms with E-state index >= 15 is 0 Å². The number of hydrogen-bond donors (Lipinski definition) is 0. The zero-order chi connectivity index (χ0) is 10.1. The summed E-state index contributed by atoms with van der Waals surface area (Å²) in [4.78, 5) is 8.75. The first-order valence-electron chi connectivity index (χ1n) is 4.59. The molecule has 0 unspecified atom stereocenters. The van der Waals surface area contributed by atoms with E-state index in [1.54, 1.807) is 12.4 Å². The van der Waals surface area contributed by atoms with Gasteiger partial charge in [0.1, 0.15) is 5.52 Å². The molecule has 2 aromatic rings. The molecule has 0 atom stereocenters. The van der Waals surface area contributed by atoms with Gasteiger partial charge in [-0.15, -0.1) is 0 Å². The van der Waals surface area contributed by atoms with E-state index in [9.17, 15) is 0 Å². The molecule has 0 spiro atoms. The summed E-state index contributed by atoms with van der Waals surface area (Å²) >= 11 is 2.30. The average Bonchev–Trinajstić information content (AvgIpc) is 2.18. The van der Waals surface area contributed by atoms with E-state index in [1.807, 2.05) is 0 Å². The standard InChI is InChI=1S/C11H11IN2/c1-7(2)8-3-4-9(12)11-10(8)13-5-6-14-11/h3-7H,1-2H3. The Bertz CT molecular complexity index is 466. The highest BCUT2D eigenvalue weighted by Crippen LogP contribution is 2.25. The Labute approximate surface area is 96.9 Å². The molecule has 0 radical (unpaired) electrons. The van der Waals surface area contributed by atoms with Crippen LogP contribution in [0.3, 0.4) is 0 Å². The van der Waals surface area contributed by atoms with Crippen molar-refractivity contribution in [2.75, 3.05) is 0 Å². The third kappa shape index (κ3) is 1.61. The van der Waals surface area contributed by atoms with Crippen molar-refractivity contribution in [3.8, 4) is 0 Å². The minimum absolute atomic E-state index is 0.492. The van der Waals surface area contributed by atoms with Crippen LogP contribution in [0.5, 0.6) is 0 Å². The first-order chi connectivity index (χ1) is 6.70. The SMILES string of the molecule is CC(C)c1ccc(I)c2nccnc12. The van der Waals surface area contributed by atoms with Crippen molar-refractivity contribution >= 4 is 33.6 Å². The second kappa shape index (κ2) is 3.81. The molecule has 14 heavy (non-hydrogen) atoms. The Morgan fingerprint density at radius 1 is 1.07 bits per heavy atom. The monoisotopic (exact) mass is 298 g/mol. The lowest BCUT2D eigenvalue weighted by Crippen LogP contribution is -1.94. The highest BCUT2D eigenvalue weighted by Gasteiger charge is 2.08. The molecule has 0 fully saturated rings. The molecule has 1 aromatic carbocycles. The van der Waals surface area contributed by atoms with Crippen LogP contribution in [0.25, 0.3) is 11.0 Å². The maximum absolute atomic E-state index is 4.40. The fourth-order valence-corrected chi connectivity index (χ4v) is 2.09. The summed E-state index contributed by atoms with van der Waals surface area (Å²) in [5.41, 5.74) is 3.32. The zero-order valence-corrected chi connectivity index (χ0v) is 10.3. The Morgan fingerprint density at radius 2 is 1.71 bits per heavy atom. The van der Waals surface area contributed by atoms with E-state index in [2.05, 4.69) is 58.5 Å². The summed E-state index contributed by atoms with van der Waals surface area (Å²) in [5.74, 6) is 0.492. The van der Waals surface area contributed by atoms with Crippen LogP contribution in [0.1, 0.15) is 25.3 Å². The number of fused-ring (bicyclic) bond motifs is 1. The number of nitrogens with zero attached hydrogens (tertiary/aromatic N) is 2. The van der Waals surface area contributed by atoms with Crippen molar-refractivity contribution in [3.63, 3.8) is 0 Å². The molecule has 0 saturated carbocycles. The summed E-state index contributed by atoms with van der Waals surface area (Å²) in [7, 11) is 0. The molecule has 0 amide bonds. The predicted octanol–water partition coefficient (Wildman–Crippen LogP) is 3.36. The Kier molecular flexibility index (Phi) is 2.67. The number of aromatic nitrogens is 2. The summed E-state index contributed by atoms with van der Waals surface area (Å²) < 4.78 is 1.16. The lowest BCUT2D eigenvalue weighted by atomic mass is 10.0. The molecule has 0 saturated heterocycles. The van der Waals surface area contributed by atoms with E-state index in [1.165, 1.54) is 5.56 Å². The highest BCUT2D eigenvalue weighted by molar-refractivity contribution is 14.1. The van der Waals surface area contributed by atoms with Gasteiger partial charge < -0.3 is 0 Å². The lowest BCUT2D eigenvalue weighted by molar-refractivity contribution is 0.871. The van der Waals surface area contributed by atoms with Crippen molar-refractivity contribution in [2.45, 2.75) is 19.8 Å². The van der Waals surface area contributed by atoms with Crippen molar-refractivity contribution in [3.05, 3.63) is 33.7 Å². The molecule has 2 nitrogen and oxygen atoms in total. The Morgan fingerprint density at radius 3 is 2.36 bits per heavy atom. The van der Waals surface area contributed by atoms with Crippen LogP contribution in [0.4, 0.5) is 0 Å². The summed E-state index contributed by atoms with van der Waals surface area (Å²) in [6, 6.07) is 4.25. The third-order valence-electron chi connectivity index (χ3n) is 2.23. The third-order valence-corrected chi connectivity index (χ3v) is 3.10. The van der Waals surface area contributed by atoms with Crippen molar-refractivity contribution < 1.29 is 0 Å². The van der Waals surface area contributed by atoms with Gasteiger partial charge in [0.25, 0.3) is 0 Å². The Hall–Kier alpha value is -0.710. The van der Waals surface area contributed by atoms with E-state index < -0.39 is 0 Å². The largest absolute Gasteiger partial charge is 0.253 e. The van der Waals surface area contributed by atoms with Crippen molar-refractivity contribution in [1.29, 1.82) is 0 Å². The molecule has 0 aliphatic heterocycles. The molecule has 0 N–H and O–H groups in total. The quantitative estimate of drug-likeness (QED) is 0.754. The van der Waals surface area contributed by atoms with Crippen LogP contribution in [-0.2, 0) is 0 Å². The van der Waals surface area contributed by atoms with Crippen molar-refractivity contribution in [2.24, 2.45) is 0 Å². The van der Waals surface area contributed by atoms with Gasteiger partial charge in [-0.25, -0.2) is 0 Å². The van der Waals surface area contributed by atoms with Gasteiger partial charge in [0.15, 0.2) is 0 Å². The van der Waals surface area contributed by atoms with E-state index in [0.29, 0.717) is 5.92 Å². The lowest BCUT2D eigenvalue weighted by Gasteiger charge is -2.08. The fraction of sp³-hybridized carbons (Fsp3) is 0.273. The van der Waals surface area contributed by atoms with E-state index in [4.69, 9.17) is 0 Å². The van der Waals surface area contributed by atoms with E-state index in [0.717, 1.165) is 14.6 Å². The van der Waals surface area contributed by atoms with Gasteiger partial charge in [-0.1, -0.05) is 19.9 Å². The molecule has 0 aliphatic carbocycles. The van der Waals surface area contributed by atoms with Gasteiger partial charge in [-0.3, -0.25) is 9.97 Å². The van der Waals surface area contributed by atoms with Gasteiger partial charge in [0.2, 0.25) is 0 Å².